The number of likely N-dealkylation sites (tertiary alicyclic amines) is 1. The maximum atomic E-state index is 15.8. The van der Waals surface area contributed by atoms with E-state index < -0.39 is 17.8 Å². The summed E-state index contributed by atoms with van der Waals surface area (Å²) in [4.78, 5) is 14.5. The molecule has 1 aliphatic heterocycles. The van der Waals surface area contributed by atoms with Gasteiger partial charge in [-0.15, -0.1) is 0 Å². The summed E-state index contributed by atoms with van der Waals surface area (Å²) in [5, 5.41) is 0.440. The quantitative estimate of drug-likeness (QED) is 0.844. The van der Waals surface area contributed by atoms with Crippen LogP contribution in [0.5, 0.6) is 0 Å². The van der Waals surface area contributed by atoms with Crippen molar-refractivity contribution in [2.75, 3.05) is 13.1 Å². The number of allylic oxidation sites excluding steroid dienone is 4. The zero-order valence-electron chi connectivity index (χ0n) is 15.2. The third-order valence-electron chi connectivity index (χ3n) is 6.05. The van der Waals surface area contributed by atoms with Crippen molar-refractivity contribution in [3.8, 4) is 0 Å². The molecule has 4 rings (SSSR count). The van der Waals surface area contributed by atoms with Crippen LogP contribution in [-0.4, -0.2) is 41.8 Å². The van der Waals surface area contributed by atoms with Gasteiger partial charge in [0.2, 0.25) is 5.91 Å². The van der Waals surface area contributed by atoms with E-state index in [-0.39, 0.29) is 24.8 Å². The van der Waals surface area contributed by atoms with E-state index in [0.29, 0.717) is 40.7 Å². The van der Waals surface area contributed by atoms with E-state index in [1.807, 2.05) is 6.92 Å². The summed E-state index contributed by atoms with van der Waals surface area (Å²) in [5.41, 5.74) is 5.43. The zero-order chi connectivity index (χ0) is 19.3. The number of amides is 1. The van der Waals surface area contributed by atoms with Crippen molar-refractivity contribution < 1.29 is 13.6 Å². The van der Waals surface area contributed by atoms with Crippen LogP contribution in [0.1, 0.15) is 25.3 Å². The minimum absolute atomic E-state index is 0.0171. The Morgan fingerprint density at radius 3 is 2.81 bits per heavy atom. The van der Waals surface area contributed by atoms with E-state index in [4.69, 9.17) is 17.3 Å². The van der Waals surface area contributed by atoms with Crippen molar-refractivity contribution >= 4 is 23.1 Å². The first-order valence-electron chi connectivity index (χ1n) is 9.38. The van der Waals surface area contributed by atoms with E-state index >= 15 is 4.39 Å². The van der Waals surface area contributed by atoms with Gasteiger partial charge in [0.05, 0.1) is 5.92 Å². The first-order chi connectivity index (χ1) is 12.9. The molecule has 2 N–H and O–H groups in total. The van der Waals surface area contributed by atoms with E-state index in [0.717, 1.165) is 0 Å². The number of hydrogen-bond donors (Lipinski definition) is 1. The van der Waals surface area contributed by atoms with Gasteiger partial charge in [-0.3, -0.25) is 4.79 Å². The van der Waals surface area contributed by atoms with Gasteiger partial charge in [0.15, 0.2) is 0 Å². The smallest absolute Gasteiger partial charge is 0.229 e. The second-order valence-electron chi connectivity index (χ2n) is 7.82. The minimum atomic E-state index is -1.76. The molecular formula is C21H23ClF2N2O. The Balaban J connectivity index is 1.60. The van der Waals surface area contributed by atoms with Crippen LogP contribution >= 0.6 is 11.6 Å². The normalized spacial score (nSPS) is 35.2. The molecule has 3 nitrogen and oxygen atoms in total. The molecule has 27 heavy (non-hydrogen) atoms. The van der Waals surface area contributed by atoms with Crippen molar-refractivity contribution in [1.29, 1.82) is 0 Å². The van der Waals surface area contributed by atoms with Gasteiger partial charge >= 0.3 is 0 Å². The Morgan fingerprint density at radius 1 is 1.41 bits per heavy atom. The molecule has 2 aliphatic carbocycles. The number of rotatable bonds is 4. The molecule has 1 saturated carbocycles. The van der Waals surface area contributed by atoms with Gasteiger partial charge in [0, 0.05) is 42.6 Å². The predicted molar refractivity (Wildman–Crippen MR) is 103 cm³/mol. The zero-order valence-corrected chi connectivity index (χ0v) is 15.9. The summed E-state index contributed by atoms with van der Waals surface area (Å²) < 4.78 is 29.8. The molecule has 144 valence electrons. The lowest BCUT2D eigenvalue weighted by molar-refractivity contribution is -0.144. The Kier molecular flexibility index (Phi) is 4.63. The van der Waals surface area contributed by atoms with Gasteiger partial charge in [0.25, 0.3) is 0 Å². The number of carbonyl (C=O) groups is 1. The van der Waals surface area contributed by atoms with Crippen molar-refractivity contribution in [3.63, 3.8) is 0 Å². The lowest BCUT2D eigenvalue weighted by Gasteiger charge is -2.46. The summed E-state index contributed by atoms with van der Waals surface area (Å²) >= 11 is 6.27. The van der Waals surface area contributed by atoms with Gasteiger partial charge in [0.1, 0.15) is 11.8 Å². The fourth-order valence-electron chi connectivity index (χ4n) is 4.36. The van der Waals surface area contributed by atoms with Crippen LogP contribution in [0.25, 0.3) is 5.57 Å². The molecule has 6 heteroatoms. The molecule has 1 heterocycles. The number of nitrogens with two attached hydrogens (primary N) is 1. The molecule has 0 radical (unpaired) electrons. The van der Waals surface area contributed by atoms with Crippen LogP contribution in [0, 0.1) is 11.8 Å². The highest BCUT2D eigenvalue weighted by atomic mass is 35.5. The monoisotopic (exact) mass is 392 g/mol. The molecule has 1 amide bonds. The highest BCUT2D eigenvalue weighted by Crippen LogP contribution is 2.58. The van der Waals surface area contributed by atoms with Crippen LogP contribution in [0.3, 0.4) is 0 Å². The van der Waals surface area contributed by atoms with Crippen LogP contribution in [0.15, 0.2) is 42.0 Å². The van der Waals surface area contributed by atoms with Gasteiger partial charge < -0.3 is 10.6 Å². The van der Waals surface area contributed by atoms with Crippen LogP contribution < -0.4 is 5.73 Å². The summed E-state index contributed by atoms with van der Waals surface area (Å²) in [6, 6.07) is 7.00. The summed E-state index contributed by atoms with van der Waals surface area (Å²) in [6.45, 7) is 3.04. The van der Waals surface area contributed by atoms with E-state index in [1.54, 1.807) is 35.2 Å². The molecule has 2 fully saturated rings. The Morgan fingerprint density at radius 2 is 2.15 bits per heavy atom. The van der Waals surface area contributed by atoms with E-state index in [9.17, 15) is 9.18 Å². The first-order valence-corrected chi connectivity index (χ1v) is 9.76. The third kappa shape index (κ3) is 3.01. The van der Waals surface area contributed by atoms with E-state index in [1.165, 1.54) is 6.08 Å². The molecule has 0 bridgehead atoms. The van der Waals surface area contributed by atoms with Crippen LogP contribution in [-0.2, 0) is 4.79 Å². The molecule has 0 aromatic heterocycles. The van der Waals surface area contributed by atoms with Gasteiger partial charge in [-0.25, -0.2) is 8.78 Å². The van der Waals surface area contributed by atoms with Crippen molar-refractivity contribution in [1.82, 2.24) is 4.90 Å². The molecule has 0 spiro atoms. The number of hydrogen-bond acceptors (Lipinski definition) is 2. The summed E-state index contributed by atoms with van der Waals surface area (Å²) in [6.07, 6.45) is 2.07. The van der Waals surface area contributed by atoms with Gasteiger partial charge in [-0.1, -0.05) is 42.8 Å². The Labute approximate surface area is 162 Å². The van der Waals surface area contributed by atoms with Crippen LogP contribution in [0.2, 0.25) is 5.02 Å². The Hall–Kier alpha value is -1.72. The number of alkyl halides is 2. The maximum Gasteiger partial charge on any atom is 0.229 e. The fraction of sp³-hybridized carbons (Fsp3) is 0.476. The molecule has 1 aromatic rings. The van der Waals surface area contributed by atoms with Crippen molar-refractivity contribution in [3.05, 3.63) is 52.6 Å². The highest BCUT2D eigenvalue weighted by Gasteiger charge is 2.64. The standard InChI is InChI=1S/C21H23ClF2N2O/c1-12-11-26(19(12)10-25)20(27)17-9-21(17,24)16-7-6-13(23)8-15(16)14-4-2-3-5-18(14)22/h2-5,7-8,12-13,17,19H,6,9-11,25H2,1H3/t12-,13?,17?,19-,21?/m1/s1. The highest BCUT2D eigenvalue weighted by molar-refractivity contribution is 6.32. The van der Waals surface area contributed by atoms with E-state index in [2.05, 4.69) is 0 Å². The van der Waals surface area contributed by atoms with Crippen LogP contribution in [0.4, 0.5) is 8.78 Å². The third-order valence-corrected chi connectivity index (χ3v) is 6.38. The molecule has 3 unspecified atom stereocenters. The lowest BCUT2D eigenvalue weighted by Crippen LogP contribution is -2.61. The second kappa shape index (κ2) is 6.71. The summed E-state index contributed by atoms with van der Waals surface area (Å²) in [5.74, 6) is -0.577. The molecule has 3 aliphatic rings. The largest absolute Gasteiger partial charge is 0.337 e. The summed E-state index contributed by atoms with van der Waals surface area (Å²) in [7, 11) is 0. The fourth-order valence-corrected chi connectivity index (χ4v) is 4.59. The van der Waals surface area contributed by atoms with Gasteiger partial charge in [-0.05, 0) is 29.2 Å². The predicted octanol–water partition coefficient (Wildman–Crippen LogP) is 3.93. The molecule has 5 atom stereocenters. The number of halogens is 3. The molecule has 1 saturated heterocycles. The number of carbonyl (C=O) groups excluding carboxylic acids is 1. The number of benzene rings is 1. The average Bonchev–Trinajstić information content (AvgIpc) is 3.32. The topological polar surface area (TPSA) is 46.3 Å². The Bertz CT molecular complexity index is 839. The average molecular weight is 393 g/mol. The maximum absolute atomic E-state index is 15.8. The molecule has 1 aromatic carbocycles. The minimum Gasteiger partial charge on any atom is -0.337 e. The second-order valence-corrected chi connectivity index (χ2v) is 8.23. The SMILES string of the molecule is C[C@@H]1CN(C(=O)C2CC2(F)C2=CCC(F)C=C2c2ccccc2Cl)[C@@H]1CN. The molecular weight excluding hydrogens is 370 g/mol. The van der Waals surface area contributed by atoms with Gasteiger partial charge in [-0.2, -0.15) is 0 Å². The van der Waals surface area contributed by atoms with Crippen molar-refractivity contribution in [2.24, 2.45) is 17.6 Å². The van der Waals surface area contributed by atoms with Crippen molar-refractivity contribution in [2.45, 2.75) is 37.6 Å². The number of nitrogens with zero attached hydrogens (tertiary/aromatic N) is 1. The first kappa shape index (κ1) is 18.6. The lowest BCUT2D eigenvalue weighted by atomic mass is 9.85.